The van der Waals surface area contributed by atoms with E-state index in [2.05, 4.69) is 132 Å². The second kappa shape index (κ2) is 34.4. The fourth-order valence-electron chi connectivity index (χ4n) is 3.08. The van der Waals surface area contributed by atoms with E-state index in [9.17, 15) is 0 Å². The number of aryl methyl sites for hydroxylation is 1. The van der Waals surface area contributed by atoms with Crippen LogP contribution in [0.2, 0.25) is 0 Å². The van der Waals surface area contributed by atoms with Crippen molar-refractivity contribution in [2.75, 3.05) is 26.4 Å². The van der Waals surface area contributed by atoms with Crippen LogP contribution < -0.4 is 10.3 Å². The van der Waals surface area contributed by atoms with Crippen molar-refractivity contribution in [2.24, 2.45) is 0 Å². The monoisotopic (exact) mass is 567 g/mol. The van der Waals surface area contributed by atoms with E-state index < -0.39 is 0 Å². The highest BCUT2D eigenvalue weighted by Crippen LogP contribution is 2.22. The number of benzene rings is 2. The molecular weight excluding hydrogens is 504 g/mol. The molecule has 0 spiro atoms. The average molecular weight is 568 g/mol. The van der Waals surface area contributed by atoms with Crippen molar-refractivity contribution in [3.8, 4) is 0 Å². The molecule has 2 aromatic rings. The van der Waals surface area contributed by atoms with Crippen molar-refractivity contribution in [3.05, 3.63) is 103 Å². The lowest BCUT2D eigenvalue weighted by atomic mass is 10.0. The van der Waals surface area contributed by atoms with Gasteiger partial charge in [0.2, 0.25) is 0 Å². The average Bonchev–Trinajstić information content (AvgIpc) is 3.01. The summed E-state index contributed by atoms with van der Waals surface area (Å²) in [5.41, 5.74) is 7.58. The molecule has 2 N–H and O–H groups in total. The predicted molar refractivity (Wildman–Crippen MR) is 192 cm³/mol. The second-order valence-corrected chi connectivity index (χ2v) is 9.02. The molecule has 0 aliphatic rings. The summed E-state index contributed by atoms with van der Waals surface area (Å²) < 4.78 is 0. The molecule has 3 heteroatoms. The molecule has 0 saturated carbocycles. The topological polar surface area (TPSA) is 26.0 Å². The fraction of sp³-hybridized carbons (Fsp3) is 0.432. The molecule has 0 aliphatic carbocycles. The van der Waals surface area contributed by atoms with Gasteiger partial charge in [-0.1, -0.05) is 108 Å². The minimum absolute atomic E-state index is 1.17. The minimum atomic E-state index is 1.17. The van der Waals surface area contributed by atoms with Gasteiger partial charge in [0.25, 0.3) is 0 Å². The first kappa shape index (κ1) is 44.4. The van der Waals surface area contributed by atoms with Crippen molar-refractivity contribution in [3.63, 3.8) is 0 Å². The van der Waals surface area contributed by atoms with E-state index in [-0.39, 0.29) is 0 Å². The van der Waals surface area contributed by atoms with E-state index in [1.165, 1.54) is 64.2 Å². The quantitative estimate of drug-likeness (QED) is 0.104. The van der Waals surface area contributed by atoms with Crippen LogP contribution in [0, 0.1) is 6.92 Å². The summed E-state index contributed by atoms with van der Waals surface area (Å²) in [5, 5.41) is 3.28. The molecule has 0 amide bonds. The smallest absolute Gasteiger partial charge is 0.169 e. The second-order valence-electron chi connectivity index (χ2n) is 8.14. The molecule has 2 rings (SSSR count). The third-order valence-corrected chi connectivity index (χ3v) is 5.70. The van der Waals surface area contributed by atoms with Crippen molar-refractivity contribution in [2.45, 2.75) is 87.0 Å². The fourth-order valence-corrected chi connectivity index (χ4v) is 3.54. The van der Waals surface area contributed by atoms with Crippen LogP contribution in [0.5, 0.6) is 0 Å². The zero-order valence-corrected chi connectivity index (χ0v) is 29.0. The summed E-state index contributed by atoms with van der Waals surface area (Å²) in [6.07, 6.45) is 10.6. The van der Waals surface area contributed by atoms with Crippen LogP contribution in [0.3, 0.4) is 0 Å². The number of allylic oxidation sites excluding steroid dienone is 5. The van der Waals surface area contributed by atoms with Gasteiger partial charge in [0.1, 0.15) is 7.05 Å². The molecule has 2 aromatic carbocycles. The van der Waals surface area contributed by atoms with Gasteiger partial charge in [0, 0.05) is 10.5 Å². The molecule has 226 valence electrons. The number of nitrogens with one attached hydrogen (secondary N) is 2. The summed E-state index contributed by atoms with van der Waals surface area (Å²) in [5.74, 6) is 0. The van der Waals surface area contributed by atoms with Gasteiger partial charge in [-0.3, -0.25) is 4.99 Å². The highest BCUT2D eigenvalue weighted by Gasteiger charge is 2.04. The van der Waals surface area contributed by atoms with E-state index >= 15 is 0 Å². The van der Waals surface area contributed by atoms with Gasteiger partial charge < -0.3 is 5.32 Å². The van der Waals surface area contributed by atoms with E-state index in [1.54, 1.807) is 11.8 Å². The molecule has 0 aromatic heterocycles. The Balaban J connectivity index is -0.000000232. The van der Waals surface area contributed by atoms with Crippen molar-refractivity contribution >= 4 is 29.1 Å². The lowest BCUT2D eigenvalue weighted by Gasteiger charge is -2.04. The zero-order valence-electron chi connectivity index (χ0n) is 28.2. The van der Waals surface area contributed by atoms with Crippen LogP contribution >= 0.6 is 11.8 Å². The van der Waals surface area contributed by atoms with Crippen LogP contribution in [0.15, 0.2) is 90.9 Å². The summed E-state index contributed by atoms with van der Waals surface area (Å²) in [7, 11) is 1.93. The summed E-state index contributed by atoms with van der Waals surface area (Å²) in [4.78, 5) is 4.40. The first-order chi connectivity index (χ1) is 19.4. The molecule has 0 unspecified atom stereocenters. The maximum atomic E-state index is 3.76. The summed E-state index contributed by atoms with van der Waals surface area (Å²) >= 11 is 1.77. The van der Waals surface area contributed by atoms with Crippen molar-refractivity contribution < 1.29 is 4.99 Å². The van der Waals surface area contributed by atoms with Crippen LogP contribution in [-0.2, 0) is 0 Å². The molecule has 0 bridgehead atoms. The highest BCUT2D eigenvalue weighted by molar-refractivity contribution is 7.98. The van der Waals surface area contributed by atoms with Gasteiger partial charge >= 0.3 is 0 Å². The Morgan fingerprint density at radius 3 is 1.80 bits per heavy atom. The lowest BCUT2D eigenvalue weighted by Crippen LogP contribution is -2.63. The van der Waals surface area contributed by atoms with Gasteiger partial charge in [-0.25, -0.2) is 0 Å². The Bertz CT molecular complexity index is 913. The van der Waals surface area contributed by atoms with Gasteiger partial charge in [0.15, 0.2) is 6.21 Å². The number of hydrogen-bond acceptors (Lipinski definition) is 2. The number of rotatable bonds is 9. The third-order valence-electron chi connectivity index (χ3n) is 4.98. The Kier molecular flexibility index (Phi) is 38.2. The molecule has 0 heterocycles. The van der Waals surface area contributed by atoms with Crippen LogP contribution in [0.1, 0.15) is 91.8 Å². The first-order valence-electron chi connectivity index (χ1n) is 14.8. The maximum absolute atomic E-state index is 3.76. The highest BCUT2D eigenvalue weighted by atomic mass is 32.2. The molecule has 0 atom stereocenters. The molecular formula is C37H63N2S+. The predicted octanol–water partition coefficient (Wildman–Crippen LogP) is 9.82. The summed E-state index contributed by atoms with van der Waals surface area (Å²) in [6.45, 7) is 32.9. The van der Waals surface area contributed by atoms with Gasteiger partial charge in [-0.15, -0.1) is 24.9 Å². The standard InChI is InChI=1S/C13H17NS.C12H14.C6H15N.2C2H6.C2H4/c1-10(2)13(9-14-3)11-6-5-7-12(8-11)15-4;1-4-11(5-2)12-8-6-10(3)7-9-12;1-3-5-7-6-4-2;3*1-2/h5-9H,1-4H3;4-9H,1H2,2-3H3;7H,3-6H2,1-2H3;2*1-2H3;1-2H2/p+1/b;11-5+;;;;. The van der Waals surface area contributed by atoms with E-state index in [0.29, 0.717) is 0 Å². The van der Waals surface area contributed by atoms with Crippen LogP contribution in [0.25, 0.3) is 11.1 Å². The number of hydrogen-bond donors (Lipinski definition) is 2. The molecule has 2 nitrogen and oxygen atoms in total. The van der Waals surface area contributed by atoms with Gasteiger partial charge in [-0.05, 0) is 88.7 Å². The molecule has 0 fully saturated rings. The SMILES string of the molecule is C=C.C=C/C(=C\C)c1ccc(C)cc1.CC.CC.CCCNCCC.C[NH+]=CC(=C(C)C)c1cccc(SC)c1. The Morgan fingerprint density at radius 1 is 0.900 bits per heavy atom. The third kappa shape index (κ3) is 23.3. The van der Waals surface area contributed by atoms with Crippen molar-refractivity contribution in [1.82, 2.24) is 5.32 Å². The maximum Gasteiger partial charge on any atom is 0.169 e. The van der Waals surface area contributed by atoms with E-state index in [1.807, 2.05) is 47.7 Å². The molecule has 0 radical (unpaired) electrons. The molecule has 0 aliphatic heterocycles. The van der Waals surface area contributed by atoms with E-state index in [0.717, 1.165) is 0 Å². The van der Waals surface area contributed by atoms with E-state index in [4.69, 9.17) is 0 Å². The number of thioether (sulfide) groups is 1. The van der Waals surface area contributed by atoms with Gasteiger partial charge in [0.05, 0.1) is 0 Å². The van der Waals surface area contributed by atoms with Crippen molar-refractivity contribution in [1.29, 1.82) is 0 Å². The van der Waals surface area contributed by atoms with Gasteiger partial charge in [-0.2, -0.15) is 0 Å². The Labute approximate surface area is 254 Å². The molecule has 40 heavy (non-hydrogen) atoms. The largest absolute Gasteiger partial charge is 0.317 e. The van der Waals surface area contributed by atoms with Crippen LogP contribution in [-0.4, -0.2) is 32.6 Å². The molecule has 0 saturated heterocycles. The lowest BCUT2D eigenvalue weighted by molar-refractivity contribution is -0.412. The zero-order chi connectivity index (χ0) is 31.8. The Morgan fingerprint density at radius 2 is 1.43 bits per heavy atom. The first-order valence-corrected chi connectivity index (χ1v) is 16.0. The normalized spacial score (nSPS) is 9.45. The van der Waals surface area contributed by atoms with Crippen LogP contribution in [0.4, 0.5) is 0 Å². The minimum Gasteiger partial charge on any atom is -0.317 e. The summed E-state index contributed by atoms with van der Waals surface area (Å²) in [6, 6.07) is 17.1. The Hall–Kier alpha value is -2.62.